The van der Waals surface area contributed by atoms with Crippen LogP contribution in [-0.4, -0.2) is 166 Å². The topological polar surface area (TPSA) is 443 Å². The van der Waals surface area contributed by atoms with Gasteiger partial charge >= 0.3 is 0 Å². The maximum absolute atomic E-state index is 15.0. The summed E-state index contributed by atoms with van der Waals surface area (Å²) in [7, 11) is 0. The molecule has 516 valence electrons. The Morgan fingerprint density at radius 1 is 0.577 bits per heavy atom. The highest BCUT2D eigenvalue weighted by atomic mass is 35.5. The minimum absolute atomic E-state index is 0.00107. The Labute approximate surface area is 566 Å². The number of nitrogens with one attached hydrogen (secondary N) is 9. The number of hydrogen-bond donors (Lipinski definition) is 15. The number of amides is 10. The van der Waals surface area contributed by atoms with E-state index in [1.54, 1.807) is 92.8 Å². The zero-order valence-electron chi connectivity index (χ0n) is 54.0. The van der Waals surface area contributed by atoms with Gasteiger partial charge in [-0.1, -0.05) is 129 Å². The summed E-state index contributed by atoms with van der Waals surface area (Å²) in [6.07, 6.45) is 2.06. The van der Waals surface area contributed by atoms with E-state index in [1.165, 1.54) is 29.2 Å². The zero-order chi connectivity index (χ0) is 70.1. The molecular formula is C69H86ClN15O12. The van der Waals surface area contributed by atoms with Crippen LogP contribution in [-0.2, 0) is 80.0 Å². The Kier molecular flexibility index (Phi) is 27.8. The van der Waals surface area contributed by atoms with Crippen LogP contribution in [0.3, 0.4) is 0 Å². The number of carbonyl (C=O) groups is 10. The molecule has 0 aliphatic carbocycles. The van der Waals surface area contributed by atoms with E-state index in [1.807, 2.05) is 36.4 Å². The molecule has 28 heteroatoms. The predicted octanol–water partition coefficient (Wildman–Crippen LogP) is 0.446. The number of likely N-dealkylation sites (tertiary alicyclic amines) is 1. The van der Waals surface area contributed by atoms with Gasteiger partial charge in [-0.25, -0.2) is 0 Å². The van der Waals surface area contributed by atoms with Crippen molar-refractivity contribution >= 4 is 87.5 Å². The molecule has 0 radical (unpaired) electrons. The number of hydrogen-bond acceptors (Lipinski definition) is 14. The van der Waals surface area contributed by atoms with E-state index in [4.69, 9.17) is 34.5 Å². The van der Waals surface area contributed by atoms with E-state index in [0.29, 0.717) is 44.6 Å². The quantitative estimate of drug-likeness (QED) is 0.0146. The lowest BCUT2D eigenvalue weighted by Crippen LogP contribution is -2.61. The van der Waals surface area contributed by atoms with E-state index in [2.05, 4.69) is 52.5 Å². The summed E-state index contributed by atoms with van der Waals surface area (Å²) in [6, 6.07) is 24.9. The number of primary amides is 1. The lowest BCUT2D eigenvalue weighted by molar-refractivity contribution is -0.142. The molecule has 0 bridgehead atoms. The van der Waals surface area contributed by atoms with Crippen LogP contribution in [0, 0.1) is 5.92 Å². The number of aliphatic hydroxyl groups is 1. The summed E-state index contributed by atoms with van der Waals surface area (Å²) in [5.41, 5.74) is 26.4. The fraction of sp³-hybridized carbons (Fsp3) is 0.377. The molecule has 0 unspecified atom stereocenters. The monoisotopic (exact) mass is 1350 g/mol. The number of para-hydroxylation sites is 1. The first-order chi connectivity index (χ1) is 46.4. The summed E-state index contributed by atoms with van der Waals surface area (Å²) in [4.78, 5) is 150. The fourth-order valence-electron chi connectivity index (χ4n) is 11.3. The highest BCUT2D eigenvalue weighted by Gasteiger charge is 2.40. The van der Waals surface area contributed by atoms with Crippen LogP contribution >= 0.6 is 11.6 Å². The predicted molar refractivity (Wildman–Crippen MR) is 364 cm³/mol. The zero-order valence-corrected chi connectivity index (χ0v) is 54.8. The van der Waals surface area contributed by atoms with Crippen molar-refractivity contribution in [2.75, 3.05) is 26.2 Å². The first kappa shape index (κ1) is 74.0. The Bertz CT molecular complexity index is 3710. The molecular weight excluding hydrogens is 1270 g/mol. The third-order valence-electron chi connectivity index (χ3n) is 16.3. The minimum Gasteiger partial charge on any atom is -0.508 e. The fourth-order valence-corrected chi connectivity index (χ4v) is 11.4. The molecule has 1 aromatic heterocycles. The highest BCUT2D eigenvalue weighted by molar-refractivity contribution is 6.30. The van der Waals surface area contributed by atoms with Crippen molar-refractivity contribution in [1.82, 2.24) is 52.4 Å². The Balaban J connectivity index is 1.14. The lowest BCUT2D eigenvalue weighted by Gasteiger charge is -2.30. The lowest BCUT2D eigenvalue weighted by atomic mass is 9.99. The molecule has 5 aromatic carbocycles. The molecule has 9 atom stereocenters. The number of aliphatic imine (C=N–C) groups is 1. The van der Waals surface area contributed by atoms with Crippen molar-refractivity contribution in [3.8, 4) is 5.75 Å². The van der Waals surface area contributed by atoms with Crippen molar-refractivity contribution in [3.63, 3.8) is 0 Å². The van der Waals surface area contributed by atoms with Crippen molar-refractivity contribution in [2.24, 2.45) is 33.8 Å². The smallest absolute Gasteiger partial charge is 0.245 e. The summed E-state index contributed by atoms with van der Waals surface area (Å²) in [5.74, 6) is -8.58. The standard InChI is InChI=1S/C69H86ClN15O12/c1-40(2)31-52(61(90)78-51(19-11-29-75-69(73)74)68(97)85-30-12-20-58(85)67(96)77-38-59(72)88)80-63(92)54(33-42-15-7-4-8-16-42)81-64(93)55(35-44-23-27-47(87)28-24-44)82-66(95)57(39-86)84-65(94)56(36-45-37-76-50-18-10-9-17-48(45)50)83-62(91)53(34-43-21-25-46(70)26-22-43)79-60(89)49(71)32-41-13-5-3-6-14-41/h3-10,13-18,21-28,37,40,49,51-58,76,86-87H,11-12,19-20,29-36,38-39,71H2,1-2H3,(H2,72,88)(H,77,96)(H,78,90)(H,79,89)(H,80,92)(H,81,93)(H,82,95)(H,83,91)(H,84,94)(H4,73,74,75)/t49-,51+,52+,53+,54-,55+,56-,57+,58+/m1/s1. The number of carbonyl (C=O) groups excluding carboxylic acids is 10. The van der Waals surface area contributed by atoms with Gasteiger partial charge in [0.2, 0.25) is 59.1 Å². The van der Waals surface area contributed by atoms with Crippen molar-refractivity contribution < 1.29 is 58.2 Å². The molecule has 97 heavy (non-hydrogen) atoms. The molecule has 6 aromatic rings. The molecule has 0 saturated carbocycles. The van der Waals surface area contributed by atoms with Gasteiger partial charge in [-0.2, -0.15) is 0 Å². The van der Waals surface area contributed by atoms with Gasteiger partial charge in [-0.15, -0.1) is 0 Å². The second-order valence-electron chi connectivity index (χ2n) is 24.3. The number of aliphatic hydroxyl groups excluding tert-OH is 1. The molecule has 10 amide bonds. The Hall–Kier alpha value is -10.4. The van der Waals surface area contributed by atoms with Crippen LogP contribution in [0.2, 0.25) is 5.02 Å². The highest BCUT2D eigenvalue weighted by Crippen LogP contribution is 2.23. The van der Waals surface area contributed by atoms with Crippen molar-refractivity contribution in [3.05, 3.63) is 172 Å². The number of aromatic hydroxyl groups is 1. The summed E-state index contributed by atoms with van der Waals surface area (Å²) < 4.78 is 0. The van der Waals surface area contributed by atoms with Crippen LogP contribution in [0.25, 0.3) is 10.9 Å². The molecule has 27 nitrogen and oxygen atoms in total. The van der Waals surface area contributed by atoms with Crippen LogP contribution in [0.4, 0.5) is 0 Å². The second-order valence-corrected chi connectivity index (χ2v) is 24.8. The number of H-pyrrole nitrogens is 1. The van der Waals surface area contributed by atoms with Gasteiger partial charge in [-0.3, -0.25) is 52.9 Å². The summed E-state index contributed by atoms with van der Waals surface area (Å²) in [6.45, 7) is 2.36. The van der Waals surface area contributed by atoms with Gasteiger partial charge in [-0.05, 0) is 103 Å². The average molecular weight is 1350 g/mol. The van der Waals surface area contributed by atoms with Gasteiger partial charge in [0.05, 0.1) is 19.2 Å². The second kappa shape index (κ2) is 36.5. The van der Waals surface area contributed by atoms with Gasteiger partial charge in [0, 0.05) is 60.9 Å². The minimum atomic E-state index is -1.79. The third kappa shape index (κ3) is 22.9. The van der Waals surface area contributed by atoms with Crippen LogP contribution in [0.15, 0.2) is 145 Å². The van der Waals surface area contributed by atoms with Crippen molar-refractivity contribution in [2.45, 2.75) is 132 Å². The molecule has 1 saturated heterocycles. The van der Waals surface area contributed by atoms with Crippen LogP contribution < -0.4 is 65.5 Å². The van der Waals surface area contributed by atoms with Crippen LogP contribution in [0.1, 0.15) is 73.8 Å². The van der Waals surface area contributed by atoms with Crippen molar-refractivity contribution in [1.29, 1.82) is 0 Å². The summed E-state index contributed by atoms with van der Waals surface area (Å²) in [5, 5.41) is 43.8. The Morgan fingerprint density at radius 3 is 1.59 bits per heavy atom. The molecule has 7 rings (SSSR count). The third-order valence-corrected chi connectivity index (χ3v) is 16.5. The number of aromatic nitrogens is 1. The SMILES string of the molecule is CC(C)C[C@H](NC(=O)[C@@H](Cc1ccccc1)NC(=O)[C@H](Cc1ccc(O)cc1)NC(=O)[C@H](CO)NC(=O)[C@@H](Cc1c[nH]c2ccccc12)NC(=O)[C@H](Cc1ccc(Cl)cc1)NC(=O)[C@H](N)Cc1ccccc1)C(=O)N[C@@H](CCCN=C(N)N)C(=O)N1CCC[C@H]1C(=O)NCC(N)=O. The molecule has 0 spiro atoms. The number of benzene rings is 5. The van der Waals surface area contributed by atoms with Gasteiger partial charge in [0.15, 0.2) is 5.96 Å². The van der Waals surface area contributed by atoms with Crippen LogP contribution in [0.5, 0.6) is 5.75 Å². The first-order valence-electron chi connectivity index (χ1n) is 32.0. The number of aromatic amines is 1. The maximum atomic E-state index is 15.0. The number of phenolic OH excluding ortho intramolecular Hbond substituents is 1. The van der Waals surface area contributed by atoms with Gasteiger partial charge in [0.25, 0.3) is 0 Å². The molecule has 1 fully saturated rings. The number of rotatable bonds is 35. The average Bonchev–Trinajstić information content (AvgIpc) is 1.46. The van der Waals surface area contributed by atoms with E-state index >= 15 is 0 Å². The molecule has 1 aliphatic rings. The van der Waals surface area contributed by atoms with Gasteiger partial charge in [0.1, 0.15) is 54.1 Å². The normalized spacial score (nSPS) is 15.2. The summed E-state index contributed by atoms with van der Waals surface area (Å²) >= 11 is 6.21. The van der Waals surface area contributed by atoms with E-state index in [-0.39, 0.29) is 88.5 Å². The molecule has 19 N–H and O–H groups in total. The number of fused-ring (bicyclic) bond motifs is 1. The maximum Gasteiger partial charge on any atom is 0.245 e. The van der Waals surface area contributed by atoms with E-state index in [0.717, 1.165) is 5.56 Å². The first-order valence-corrected chi connectivity index (χ1v) is 32.4. The number of nitrogens with zero attached hydrogens (tertiary/aromatic N) is 2. The number of nitrogens with two attached hydrogens (primary N) is 4. The number of halogens is 1. The Morgan fingerprint density at radius 2 is 1.04 bits per heavy atom. The van der Waals surface area contributed by atoms with Gasteiger partial charge < -0.3 is 85.6 Å². The number of guanidine groups is 1. The van der Waals surface area contributed by atoms with E-state index < -0.39 is 127 Å². The van der Waals surface area contributed by atoms with E-state index in [9.17, 15) is 58.2 Å². The number of phenols is 1. The molecule has 2 heterocycles. The largest absolute Gasteiger partial charge is 0.508 e. The molecule has 1 aliphatic heterocycles.